The van der Waals surface area contributed by atoms with Crippen molar-refractivity contribution in [3.05, 3.63) is 66.2 Å². The second-order valence-corrected chi connectivity index (χ2v) is 5.90. The molecule has 0 aliphatic carbocycles. The van der Waals surface area contributed by atoms with Crippen molar-refractivity contribution < 1.29 is 9.59 Å². The Morgan fingerprint density at radius 2 is 1.85 bits per heavy atom. The molecule has 8 heteroatoms. The molecule has 27 heavy (non-hydrogen) atoms. The predicted octanol–water partition coefficient (Wildman–Crippen LogP) is 1.96. The number of ketones is 1. The van der Waals surface area contributed by atoms with Crippen molar-refractivity contribution in [1.82, 2.24) is 15.0 Å². The number of Topliss-reactive ketones (excluding diaryl/α,β-unsaturated/α-hetero) is 1. The molecule has 0 saturated heterocycles. The summed E-state index contributed by atoms with van der Waals surface area (Å²) in [6, 6.07) is 9.57. The standard InChI is InChI=1S/C19H18N6O2/c1-11(26)16(20)12-4-6-14(7-5-12)24-19(27)17-18(21)23-10-15(25-17)13-3-2-8-22-9-13/h2-10,16H,20H2,1H3,(H2,21,23)(H,24,27). The Bertz CT molecular complexity index is 973. The van der Waals surface area contributed by atoms with Crippen LogP contribution in [0, 0.1) is 0 Å². The van der Waals surface area contributed by atoms with Crippen molar-refractivity contribution in [2.24, 2.45) is 5.73 Å². The van der Waals surface area contributed by atoms with Crippen LogP contribution in [0.4, 0.5) is 11.5 Å². The number of anilines is 2. The highest BCUT2D eigenvalue weighted by atomic mass is 16.2. The molecule has 1 aromatic carbocycles. The van der Waals surface area contributed by atoms with Gasteiger partial charge in [0, 0.05) is 23.6 Å². The number of amides is 1. The van der Waals surface area contributed by atoms with Crippen LogP contribution in [0.25, 0.3) is 11.3 Å². The molecule has 0 radical (unpaired) electrons. The van der Waals surface area contributed by atoms with Gasteiger partial charge in [-0.1, -0.05) is 12.1 Å². The van der Waals surface area contributed by atoms with E-state index < -0.39 is 11.9 Å². The van der Waals surface area contributed by atoms with Crippen LogP contribution < -0.4 is 16.8 Å². The number of nitrogen functional groups attached to an aromatic ring is 1. The van der Waals surface area contributed by atoms with E-state index in [1.807, 2.05) is 6.07 Å². The normalized spacial score (nSPS) is 11.6. The number of nitrogens with one attached hydrogen (secondary N) is 1. The summed E-state index contributed by atoms with van der Waals surface area (Å²) >= 11 is 0. The summed E-state index contributed by atoms with van der Waals surface area (Å²) in [5, 5.41) is 2.71. The van der Waals surface area contributed by atoms with Gasteiger partial charge in [-0.05, 0) is 36.8 Å². The SMILES string of the molecule is CC(=O)C(N)c1ccc(NC(=O)c2nc(-c3cccnc3)cnc2N)cc1. The van der Waals surface area contributed by atoms with E-state index in [4.69, 9.17) is 11.5 Å². The van der Waals surface area contributed by atoms with Gasteiger partial charge in [0.1, 0.15) is 0 Å². The first-order valence-electron chi connectivity index (χ1n) is 8.16. The maximum atomic E-state index is 12.6. The van der Waals surface area contributed by atoms with Crippen molar-refractivity contribution in [3.63, 3.8) is 0 Å². The van der Waals surface area contributed by atoms with E-state index in [9.17, 15) is 9.59 Å². The highest BCUT2D eigenvalue weighted by molar-refractivity contribution is 6.06. The maximum Gasteiger partial charge on any atom is 0.278 e. The molecule has 0 aliphatic heterocycles. The molecule has 8 nitrogen and oxygen atoms in total. The van der Waals surface area contributed by atoms with Crippen LogP contribution >= 0.6 is 0 Å². The van der Waals surface area contributed by atoms with Crippen LogP contribution in [0.1, 0.15) is 29.0 Å². The highest BCUT2D eigenvalue weighted by Gasteiger charge is 2.16. The minimum absolute atomic E-state index is 0.0147. The van der Waals surface area contributed by atoms with Gasteiger partial charge < -0.3 is 16.8 Å². The van der Waals surface area contributed by atoms with E-state index >= 15 is 0 Å². The van der Waals surface area contributed by atoms with Crippen LogP contribution in [-0.2, 0) is 4.79 Å². The summed E-state index contributed by atoms with van der Waals surface area (Å²) in [5.74, 6) is -0.605. The molecule has 1 amide bonds. The van der Waals surface area contributed by atoms with E-state index in [0.29, 0.717) is 16.9 Å². The fourth-order valence-electron chi connectivity index (χ4n) is 2.42. The number of nitrogens with zero attached hydrogens (tertiary/aromatic N) is 3. The van der Waals surface area contributed by atoms with Crippen LogP contribution in [-0.4, -0.2) is 26.6 Å². The van der Waals surface area contributed by atoms with Gasteiger partial charge in [0.15, 0.2) is 17.3 Å². The Labute approximate surface area is 155 Å². The minimum Gasteiger partial charge on any atom is -0.382 e. The van der Waals surface area contributed by atoms with E-state index in [2.05, 4.69) is 20.3 Å². The number of hydrogen-bond acceptors (Lipinski definition) is 7. The molecular weight excluding hydrogens is 344 g/mol. The Hall–Kier alpha value is -3.65. The van der Waals surface area contributed by atoms with Gasteiger partial charge in [0.2, 0.25) is 0 Å². The van der Waals surface area contributed by atoms with E-state index in [0.717, 1.165) is 5.56 Å². The third kappa shape index (κ3) is 4.13. The number of nitrogens with two attached hydrogens (primary N) is 2. The summed E-state index contributed by atoms with van der Waals surface area (Å²) < 4.78 is 0. The van der Waals surface area contributed by atoms with Gasteiger partial charge in [-0.15, -0.1) is 0 Å². The van der Waals surface area contributed by atoms with Gasteiger partial charge in [-0.25, -0.2) is 9.97 Å². The first-order valence-corrected chi connectivity index (χ1v) is 8.16. The number of carbonyl (C=O) groups excluding carboxylic acids is 2. The molecular formula is C19H18N6O2. The van der Waals surface area contributed by atoms with E-state index in [1.54, 1.807) is 42.7 Å². The lowest BCUT2D eigenvalue weighted by atomic mass is 10.0. The van der Waals surface area contributed by atoms with Gasteiger partial charge in [-0.2, -0.15) is 0 Å². The average molecular weight is 362 g/mol. The number of pyridine rings is 1. The van der Waals surface area contributed by atoms with Crippen LogP contribution in [0.3, 0.4) is 0 Å². The zero-order chi connectivity index (χ0) is 19.4. The Morgan fingerprint density at radius 1 is 1.11 bits per heavy atom. The lowest BCUT2D eigenvalue weighted by Crippen LogP contribution is -2.19. The zero-order valence-corrected chi connectivity index (χ0v) is 14.6. The first-order chi connectivity index (χ1) is 13.0. The van der Waals surface area contributed by atoms with Gasteiger partial charge in [-0.3, -0.25) is 14.6 Å². The van der Waals surface area contributed by atoms with Crippen molar-refractivity contribution >= 4 is 23.2 Å². The molecule has 3 aromatic rings. The molecule has 2 aromatic heterocycles. The molecule has 1 unspecified atom stereocenters. The molecule has 1 atom stereocenters. The fraction of sp³-hybridized carbons (Fsp3) is 0.105. The average Bonchev–Trinajstić information content (AvgIpc) is 2.69. The highest BCUT2D eigenvalue weighted by Crippen LogP contribution is 2.19. The predicted molar refractivity (Wildman–Crippen MR) is 102 cm³/mol. The quantitative estimate of drug-likeness (QED) is 0.631. The smallest absolute Gasteiger partial charge is 0.278 e. The second kappa shape index (κ2) is 7.71. The second-order valence-electron chi connectivity index (χ2n) is 5.90. The Kier molecular flexibility index (Phi) is 5.18. The minimum atomic E-state index is -0.688. The molecule has 0 aliphatic rings. The summed E-state index contributed by atoms with van der Waals surface area (Å²) in [6.07, 6.45) is 4.75. The fourth-order valence-corrected chi connectivity index (χ4v) is 2.42. The third-order valence-electron chi connectivity index (χ3n) is 3.94. The third-order valence-corrected chi connectivity index (χ3v) is 3.94. The van der Waals surface area contributed by atoms with Crippen molar-refractivity contribution in [1.29, 1.82) is 0 Å². The maximum absolute atomic E-state index is 12.6. The van der Waals surface area contributed by atoms with Gasteiger partial charge in [0.05, 0.1) is 17.9 Å². The van der Waals surface area contributed by atoms with Crippen LogP contribution in [0.2, 0.25) is 0 Å². The summed E-state index contributed by atoms with van der Waals surface area (Å²) in [6.45, 7) is 1.43. The van der Waals surface area contributed by atoms with Crippen molar-refractivity contribution in [2.45, 2.75) is 13.0 Å². The molecule has 3 rings (SSSR count). The monoisotopic (exact) mass is 362 g/mol. The number of rotatable bonds is 5. The molecule has 0 bridgehead atoms. The molecule has 0 spiro atoms. The molecule has 136 valence electrons. The topological polar surface area (TPSA) is 137 Å². The molecule has 5 N–H and O–H groups in total. The van der Waals surface area contributed by atoms with Crippen molar-refractivity contribution in [2.75, 3.05) is 11.1 Å². The number of benzene rings is 1. The summed E-state index contributed by atoms with van der Waals surface area (Å²) in [7, 11) is 0. The first kappa shape index (κ1) is 18.2. The zero-order valence-electron chi connectivity index (χ0n) is 14.6. The van der Waals surface area contributed by atoms with Crippen LogP contribution in [0.15, 0.2) is 55.0 Å². The van der Waals surface area contributed by atoms with E-state index in [1.165, 1.54) is 13.1 Å². The van der Waals surface area contributed by atoms with Gasteiger partial charge in [0.25, 0.3) is 5.91 Å². The number of carbonyl (C=O) groups is 2. The number of hydrogen-bond donors (Lipinski definition) is 3. The lowest BCUT2D eigenvalue weighted by molar-refractivity contribution is -0.118. The number of aromatic nitrogens is 3. The van der Waals surface area contributed by atoms with Gasteiger partial charge >= 0.3 is 0 Å². The van der Waals surface area contributed by atoms with Crippen molar-refractivity contribution in [3.8, 4) is 11.3 Å². The van der Waals surface area contributed by atoms with E-state index in [-0.39, 0.29) is 17.3 Å². The molecule has 0 fully saturated rings. The lowest BCUT2D eigenvalue weighted by Gasteiger charge is -2.11. The summed E-state index contributed by atoms with van der Waals surface area (Å²) in [4.78, 5) is 36.3. The Balaban J connectivity index is 1.81. The molecule has 0 saturated carbocycles. The molecule has 2 heterocycles. The largest absolute Gasteiger partial charge is 0.382 e. The Morgan fingerprint density at radius 3 is 2.48 bits per heavy atom. The van der Waals surface area contributed by atoms with Crippen LogP contribution in [0.5, 0.6) is 0 Å². The summed E-state index contributed by atoms with van der Waals surface area (Å²) in [5.41, 5.74) is 14.0.